The van der Waals surface area contributed by atoms with Crippen LogP contribution in [0.15, 0.2) is 0 Å². The van der Waals surface area contributed by atoms with Gasteiger partial charge in [-0.3, -0.25) is 24.0 Å². The van der Waals surface area contributed by atoms with E-state index in [2.05, 4.69) is 44.1 Å². The van der Waals surface area contributed by atoms with Gasteiger partial charge in [-0.25, -0.2) is 14.4 Å². The Balaban J connectivity index is 1.29. The zero-order valence-corrected chi connectivity index (χ0v) is 59.9. The average molecular weight is 1450 g/mol. The van der Waals surface area contributed by atoms with Crippen LogP contribution in [0.3, 0.4) is 0 Å². The number of carbonyl (C=O) groups excluding carboxylic acids is 8. The fourth-order valence-corrected chi connectivity index (χ4v) is 12.0. The number of ether oxygens (including phenoxy) is 9. The van der Waals surface area contributed by atoms with Crippen LogP contribution in [-0.2, 0) is 66.6 Å². The van der Waals surface area contributed by atoms with Crippen molar-refractivity contribution in [2.75, 3.05) is 92.2 Å². The van der Waals surface area contributed by atoms with Crippen molar-refractivity contribution in [2.24, 2.45) is 11.3 Å². The average Bonchev–Trinajstić information content (AvgIpc) is 0.823. The molecule has 0 bridgehead atoms. The van der Waals surface area contributed by atoms with Crippen molar-refractivity contribution in [2.45, 2.75) is 281 Å². The predicted octanol–water partition coefficient (Wildman–Crippen LogP) is 1.13. The highest BCUT2D eigenvalue weighted by Gasteiger charge is 2.47. The Labute approximate surface area is 593 Å². The lowest BCUT2D eigenvalue weighted by atomic mass is 9.77. The van der Waals surface area contributed by atoms with Crippen LogP contribution in [0.25, 0.3) is 0 Å². The molecule has 0 aromatic heterocycles. The molecule has 0 saturated carbocycles. The second kappa shape index (κ2) is 52.7. The van der Waals surface area contributed by atoms with Crippen LogP contribution >= 0.6 is 0 Å². The Morgan fingerprint density at radius 1 is 0.366 bits per heavy atom. The molecular weight excluding hydrogens is 1330 g/mol. The zero-order chi connectivity index (χ0) is 74.4. The molecule has 3 heterocycles. The van der Waals surface area contributed by atoms with Gasteiger partial charge < -0.3 is 126 Å². The molecule has 0 radical (unpaired) electrons. The van der Waals surface area contributed by atoms with Crippen molar-refractivity contribution in [3.63, 3.8) is 0 Å². The van der Waals surface area contributed by atoms with Gasteiger partial charge in [0, 0.05) is 78.2 Å². The first-order valence-corrected chi connectivity index (χ1v) is 36.5. The molecule has 3 aliphatic rings. The number of ketones is 1. The largest absolute Gasteiger partial charge is 0.450 e. The number of aliphatic hydroxyl groups is 9. The first-order valence-electron chi connectivity index (χ1n) is 36.5. The van der Waals surface area contributed by atoms with Gasteiger partial charge in [0.05, 0.1) is 65.6 Å². The number of rotatable bonds is 54. The second-order valence-electron chi connectivity index (χ2n) is 26.7. The monoisotopic (exact) mass is 1450 g/mol. The lowest BCUT2D eigenvalue weighted by Crippen LogP contribution is -2.64. The van der Waals surface area contributed by atoms with E-state index in [1.165, 1.54) is 13.8 Å². The molecule has 101 heavy (non-hydrogen) atoms. The van der Waals surface area contributed by atoms with Gasteiger partial charge in [0.25, 0.3) is 0 Å². The number of hydrogen-bond acceptors (Lipinski definition) is 26. The van der Waals surface area contributed by atoms with E-state index in [0.29, 0.717) is 110 Å². The van der Waals surface area contributed by atoms with Gasteiger partial charge >= 0.3 is 18.3 Å². The van der Waals surface area contributed by atoms with Crippen LogP contribution in [-0.4, -0.2) is 272 Å². The summed E-state index contributed by atoms with van der Waals surface area (Å²) in [6, 6.07) is -2.12. The predicted molar refractivity (Wildman–Crippen MR) is 363 cm³/mol. The lowest BCUT2D eigenvalue weighted by Gasteiger charge is -2.42. The SMILES string of the molecule is CC(=O)NC1C(OCCCC(=O)CCCCCCCNC(=O)OCCCC(C)(CCCOC(=O)NCCCCCCNC(=O)CCCOC2OC(CO)C(O)C(O)C2C)CCCOC(=O)NCCCCCCNC(=O)CCCOC2OC(CO)C(O)C(O)C2NC(C)=O)OC(CO)C(O)C1O. The van der Waals surface area contributed by atoms with E-state index in [0.717, 1.165) is 70.6 Å². The standard InChI is InChI=1S/C68H123N7O26/c1-45-56(84)57(85)49(42-76)99-62(45)93-37-19-26-52(82)69-31-13-8-10-16-34-72-66(91)97-40-22-29-68(4,28-21-39-96-65(90)71-33-15-7-5-6-12-24-48(81)25-18-36-94-63-54(74-46(2)79)60(88)58(86)50(43-77)100-63)30-23-41-98-67(92)73-35-17-11-9-14-32-70-53(83)27-20-38-95-64-55(75-47(3)80)61(89)59(87)51(44-78)101-64/h45,49-51,54-64,76-78,84-89H,5-44H2,1-4H3,(H,69,82)(H,70,83)(H,71,90)(H,72,91)(H,73,92)(H,74,79)(H,75,80). The number of amides is 7. The Bertz CT molecular complexity index is 2230. The highest BCUT2D eigenvalue weighted by molar-refractivity contribution is 5.78. The molecule has 16 N–H and O–H groups in total. The van der Waals surface area contributed by atoms with Gasteiger partial charge in [-0.1, -0.05) is 58.8 Å². The molecule has 0 aliphatic carbocycles. The summed E-state index contributed by atoms with van der Waals surface area (Å²) in [5.74, 6) is -1.68. The smallest absolute Gasteiger partial charge is 0.407 e. The normalized spacial score (nSPS) is 25.6. The van der Waals surface area contributed by atoms with E-state index in [4.69, 9.17) is 42.6 Å². The van der Waals surface area contributed by atoms with E-state index < -0.39 is 142 Å². The summed E-state index contributed by atoms with van der Waals surface area (Å²) in [6.45, 7) is 7.82. The van der Waals surface area contributed by atoms with E-state index in [9.17, 15) is 84.3 Å². The van der Waals surface area contributed by atoms with E-state index >= 15 is 0 Å². The molecule has 3 fully saturated rings. The third-order valence-corrected chi connectivity index (χ3v) is 18.0. The fraction of sp³-hybridized carbons (Fsp3) is 0.882. The second-order valence-corrected chi connectivity index (χ2v) is 26.7. The number of aliphatic hydroxyl groups excluding tert-OH is 9. The highest BCUT2D eigenvalue weighted by atomic mass is 16.7. The zero-order valence-electron chi connectivity index (χ0n) is 59.9. The maximum absolute atomic E-state index is 12.6. The Kier molecular flexibility index (Phi) is 46.9. The molecule has 33 heteroatoms. The number of nitrogens with one attached hydrogen (secondary N) is 7. The molecule has 3 rings (SSSR count). The van der Waals surface area contributed by atoms with Gasteiger partial charge in [-0.05, 0) is 102 Å². The molecule has 16 unspecified atom stereocenters. The first-order chi connectivity index (χ1) is 48.4. The Hall–Kier alpha value is -5.24. The van der Waals surface area contributed by atoms with Crippen molar-refractivity contribution in [3.05, 3.63) is 0 Å². The molecule has 0 aromatic carbocycles. The molecule has 3 saturated heterocycles. The lowest BCUT2D eigenvalue weighted by molar-refractivity contribution is -0.282. The van der Waals surface area contributed by atoms with Crippen molar-refractivity contribution in [1.29, 1.82) is 0 Å². The number of carbonyl (C=O) groups is 8. The number of hydrogen-bond donors (Lipinski definition) is 16. The summed E-state index contributed by atoms with van der Waals surface area (Å²) in [4.78, 5) is 98.4. The van der Waals surface area contributed by atoms with Crippen molar-refractivity contribution in [3.8, 4) is 0 Å². The fourth-order valence-electron chi connectivity index (χ4n) is 12.0. The third-order valence-electron chi connectivity index (χ3n) is 18.0. The number of Topliss-reactive ketones (excluding diaryl/α,β-unsaturated/α-hetero) is 1. The third kappa shape index (κ3) is 37.9. The molecule has 16 atom stereocenters. The quantitative estimate of drug-likeness (QED) is 0.0300. The Morgan fingerprint density at radius 3 is 1.04 bits per heavy atom. The van der Waals surface area contributed by atoms with Gasteiger partial charge in [0.15, 0.2) is 18.9 Å². The van der Waals surface area contributed by atoms with Crippen LogP contribution in [0, 0.1) is 11.3 Å². The first kappa shape index (κ1) is 90.0. The summed E-state index contributed by atoms with van der Waals surface area (Å²) in [7, 11) is 0. The van der Waals surface area contributed by atoms with Crippen molar-refractivity contribution in [1.82, 2.24) is 37.2 Å². The Morgan fingerprint density at radius 2 is 0.673 bits per heavy atom. The van der Waals surface area contributed by atoms with E-state index in [-0.39, 0.29) is 81.9 Å². The number of unbranched alkanes of at least 4 members (excludes halogenated alkanes) is 10. The van der Waals surface area contributed by atoms with Gasteiger partial charge in [0.1, 0.15) is 66.7 Å². The van der Waals surface area contributed by atoms with Gasteiger partial charge in [-0.2, -0.15) is 0 Å². The van der Waals surface area contributed by atoms with Crippen LogP contribution in [0.4, 0.5) is 14.4 Å². The summed E-state index contributed by atoms with van der Waals surface area (Å²) in [5, 5.41) is 109. The molecule has 3 aliphatic heterocycles. The van der Waals surface area contributed by atoms with Crippen molar-refractivity contribution >= 4 is 47.7 Å². The van der Waals surface area contributed by atoms with Crippen LogP contribution in [0.1, 0.15) is 195 Å². The van der Waals surface area contributed by atoms with E-state index in [1.54, 1.807) is 6.92 Å². The van der Waals surface area contributed by atoms with Crippen molar-refractivity contribution < 1.29 is 127 Å². The molecule has 0 aromatic rings. The summed E-state index contributed by atoms with van der Waals surface area (Å²) >= 11 is 0. The molecule has 7 amide bonds. The molecule has 33 nitrogen and oxygen atoms in total. The summed E-state index contributed by atoms with van der Waals surface area (Å²) < 4.78 is 50.2. The summed E-state index contributed by atoms with van der Waals surface area (Å²) in [6.07, 6.45) is 0.303. The summed E-state index contributed by atoms with van der Waals surface area (Å²) in [5.41, 5.74) is -0.273. The van der Waals surface area contributed by atoms with Crippen LogP contribution in [0.2, 0.25) is 0 Å². The minimum Gasteiger partial charge on any atom is -0.450 e. The minimum atomic E-state index is -1.43. The molecule has 586 valence electrons. The van der Waals surface area contributed by atoms with E-state index in [1.807, 2.05) is 0 Å². The maximum atomic E-state index is 12.6. The van der Waals surface area contributed by atoms with Gasteiger partial charge in [0.2, 0.25) is 23.6 Å². The maximum Gasteiger partial charge on any atom is 0.407 e. The topological polar surface area (TPSA) is 486 Å². The number of alkyl carbamates (subject to hydrolysis) is 3. The van der Waals surface area contributed by atoms with Crippen LogP contribution in [0.5, 0.6) is 0 Å². The van der Waals surface area contributed by atoms with Crippen LogP contribution < -0.4 is 37.2 Å². The highest BCUT2D eigenvalue weighted by Crippen LogP contribution is 2.35. The minimum absolute atomic E-state index is 0.0603. The molecular formula is C68H123N7O26. The van der Waals surface area contributed by atoms with Gasteiger partial charge in [-0.15, -0.1) is 0 Å². The molecule has 0 spiro atoms.